The average molecular weight is 330 g/mol. The van der Waals surface area contributed by atoms with Crippen LogP contribution >= 0.6 is 0 Å². The number of nitrogens with two attached hydrogens (primary N) is 1. The lowest BCUT2D eigenvalue weighted by atomic mass is 10.2. The van der Waals surface area contributed by atoms with E-state index >= 15 is 0 Å². The Morgan fingerprint density at radius 2 is 2.17 bits per heavy atom. The van der Waals surface area contributed by atoms with Gasteiger partial charge in [-0.2, -0.15) is 0 Å². The molecule has 1 fully saturated rings. The molecule has 0 bridgehead atoms. The largest absolute Gasteiger partial charge is 0.378 e. The number of aliphatic imine (C=N–C) groups is 1. The fourth-order valence-electron chi connectivity index (χ4n) is 2.35. The summed E-state index contributed by atoms with van der Waals surface area (Å²) < 4.78 is 19.5. The molecule has 7 nitrogen and oxygen atoms in total. The molecule has 8 heteroatoms. The zero-order chi connectivity index (χ0) is 16.8. The maximum Gasteiger partial charge on any atom is 0.194 e. The second-order valence-corrected chi connectivity index (χ2v) is 5.29. The predicted molar refractivity (Wildman–Crippen MR) is 90.4 cm³/mol. The van der Waals surface area contributed by atoms with Crippen LogP contribution in [0.3, 0.4) is 0 Å². The van der Waals surface area contributed by atoms with Gasteiger partial charge in [-0.3, -0.25) is 0 Å². The van der Waals surface area contributed by atoms with Crippen molar-refractivity contribution >= 4 is 17.6 Å². The molecule has 3 heterocycles. The zero-order valence-corrected chi connectivity index (χ0v) is 13.2. The molecule has 24 heavy (non-hydrogen) atoms. The van der Waals surface area contributed by atoms with Gasteiger partial charge in [0.2, 0.25) is 0 Å². The van der Waals surface area contributed by atoms with E-state index in [-0.39, 0.29) is 18.3 Å². The van der Waals surface area contributed by atoms with E-state index in [1.54, 1.807) is 18.5 Å². The molecule has 2 aromatic heterocycles. The Labute approximate surface area is 139 Å². The minimum absolute atomic E-state index is 0.214. The second-order valence-electron chi connectivity index (χ2n) is 5.29. The summed E-state index contributed by atoms with van der Waals surface area (Å²) in [6.07, 6.45) is 3.27. The van der Waals surface area contributed by atoms with E-state index in [0.717, 1.165) is 0 Å². The first-order valence-electron chi connectivity index (χ1n) is 7.67. The SMILES string of the molecule is NC(=NCc1cnc(N2CCOCC2)c(F)c1)Nc1ccccn1. The lowest BCUT2D eigenvalue weighted by Crippen LogP contribution is -2.37. The lowest BCUT2D eigenvalue weighted by molar-refractivity contribution is 0.122. The number of hydrogen-bond donors (Lipinski definition) is 2. The topological polar surface area (TPSA) is 88.7 Å². The van der Waals surface area contributed by atoms with Gasteiger partial charge in [-0.1, -0.05) is 6.07 Å². The summed E-state index contributed by atoms with van der Waals surface area (Å²) in [5.41, 5.74) is 6.45. The Morgan fingerprint density at radius 3 is 2.88 bits per heavy atom. The molecule has 0 saturated carbocycles. The molecule has 0 radical (unpaired) electrons. The van der Waals surface area contributed by atoms with E-state index in [1.165, 1.54) is 6.07 Å². The van der Waals surface area contributed by atoms with Crippen LogP contribution in [0.25, 0.3) is 0 Å². The Morgan fingerprint density at radius 1 is 1.33 bits per heavy atom. The van der Waals surface area contributed by atoms with E-state index in [2.05, 4.69) is 20.3 Å². The molecule has 126 valence electrons. The third kappa shape index (κ3) is 4.17. The fraction of sp³-hybridized carbons (Fsp3) is 0.312. The minimum atomic E-state index is -0.360. The van der Waals surface area contributed by atoms with Gasteiger partial charge in [-0.15, -0.1) is 0 Å². The molecule has 2 aromatic rings. The molecular formula is C16H19FN6O. The van der Waals surface area contributed by atoms with Gasteiger partial charge in [0.1, 0.15) is 5.82 Å². The molecule has 0 amide bonds. The van der Waals surface area contributed by atoms with Crippen molar-refractivity contribution in [2.45, 2.75) is 6.54 Å². The number of pyridine rings is 2. The maximum atomic E-state index is 14.3. The van der Waals surface area contributed by atoms with Crippen LogP contribution in [-0.4, -0.2) is 42.2 Å². The monoisotopic (exact) mass is 330 g/mol. The summed E-state index contributed by atoms with van der Waals surface area (Å²) in [6, 6.07) is 6.87. The summed E-state index contributed by atoms with van der Waals surface area (Å²) in [4.78, 5) is 14.4. The van der Waals surface area contributed by atoms with Gasteiger partial charge >= 0.3 is 0 Å². The van der Waals surface area contributed by atoms with Gasteiger partial charge in [0.25, 0.3) is 0 Å². The highest BCUT2D eigenvalue weighted by atomic mass is 19.1. The van der Waals surface area contributed by atoms with Crippen LogP contribution in [0, 0.1) is 5.82 Å². The molecule has 1 saturated heterocycles. The summed E-state index contributed by atoms with van der Waals surface area (Å²) in [5.74, 6) is 0.809. The fourth-order valence-corrected chi connectivity index (χ4v) is 2.35. The number of morpholine rings is 1. The normalized spacial score (nSPS) is 15.4. The number of aromatic nitrogens is 2. The molecule has 3 rings (SSSR count). The molecule has 0 unspecified atom stereocenters. The van der Waals surface area contributed by atoms with Crippen molar-refractivity contribution in [1.82, 2.24) is 9.97 Å². The van der Waals surface area contributed by atoms with Crippen molar-refractivity contribution in [1.29, 1.82) is 0 Å². The number of nitrogens with one attached hydrogen (secondary N) is 1. The van der Waals surface area contributed by atoms with Crippen molar-refractivity contribution in [3.05, 3.63) is 48.0 Å². The standard InChI is InChI=1S/C16H19FN6O/c17-13-9-12(10-20-15(13)23-5-7-24-8-6-23)11-21-16(18)22-14-3-1-2-4-19-14/h1-4,9-10H,5-8,11H2,(H3,18,19,21,22). The van der Waals surface area contributed by atoms with Crippen LogP contribution in [-0.2, 0) is 11.3 Å². The smallest absolute Gasteiger partial charge is 0.194 e. The second kappa shape index (κ2) is 7.69. The molecule has 3 N–H and O–H groups in total. The predicted octanol–water partition coefficient (Wildman–Crippen LogP) is 1.38. The van der Waals surface area contributed by atoms with Gasteiger partial charge in [0.05, 0.1) is 19.8 Å². The van der Waals surface area contributed by atoms with Gasteiger partial charge < -0.3 is 20.7 Å². The lowest BCUT2D eigenvalue weighted by Gasteiger charge is -2.28. The molecule has 0 aromatic carbocycles. The quantitative estimate of drug-likeness (QED) is 0.650. The molecule has 0 aliphatic carbocycles. The first-order chi connectivity index (χ1) is 11.7. The van der Waals surface area contributed by atoms with E-state index < -0.39 is 0 Å². The van der Waals surface area contributed by atoms with Crippen LogP contribution in [0.5, 0.6) is 0 Å². The Kier molecular flexibility index (Phi) is 5.17. The third-order valence-electron chi connectivity index (χ3n) is 3.54. The number of rotatable bonds is 4. The Hall–Kier alpha value is -2.74. The van der Waals surface area contributed by atoms with Crippen LogP contribution in [0.1, 0.15) is 5.56 Å². The van der Waals surface area contributed by atoms with Crippen LogP contribution in [0.2, 0.25) is 0 Å². The average Bonchev–Trinajstić information content (AvgIpc) is 2.62. The van der Waals surface area contributed by atoms with E-state index in [9.17, 15) is 4.39 Å². The maximum absolute atomic E-state index is 14.3. The van der Waals surface area contributed by atoms with Crippen molar-refractivity contribution in [2.24, 2.45) is 10.7 Å². The summed E-state index contributed by atoms with van der Waals surface area (Å²) in [6.45, 7) is 2.69. The third-order valence-corrected chi connectivity index (χ3v) is 3.54. The summed E-state index contributed by atoms with van der Waals surface area (Å²) >= 11 is 0. The van der Waals surface area contributed by atoms with Crippen LogP contribution < -0.4 is 16.0 Å². The number of anilines is 2. The summed E-state index contributed by atoms with van der Waals surface area (Å²) in [5, 5.41) is 2.87. The van der Waals surface area contributed by atoms with Gasteiger partial charge in [0, 0.05) is 25.5 Å². The Balaban J connectivity index is 1.63. The van der Waals surface area contributed by atoms with Gasteiger partial charge in [-0.05, 0) is 23.8 Å². The van der Waals surface area contributed by atoms with E-state index in [1.807, 2.05) is 17.0 Å². The number of hydrogen-bond acceptors (Lipinski definition) is 5. The van der Waals surface area contributed by atoms with E-state index in [0.29, 0.717) is 43.5 Å². The number of guanidine groups is 1. The molecule has 0 atom stereocenters. The highest BCUT2D eigenvalue weighted by Gasteiger charge is 2.16. The molecule has 1 aliphatic heterocycles. The van der Waals surface area contributed by atoms with Crippen molar-refractivity contribution in [3.8, 4) is 0 Å². The highest BCUT2D eigenvalue weighted by molar-refractivity contribution is 5.91. The van der Waals surface area contributed by atoms with Gasteiger partial charge in [-0.25, -0.2) is 19.4 Å². The van der Waals surface area contributed by atoms with Crippen LogP contribution in [0.4, 0.5) is 16.0 Å². The van der Waals surface area contributed by atoms with Crippen molar-refractivity contribution in [3.63, 3.8) is 0 Å². The van der Waals surface area contributed by atoms with E-state index in [4.69, 9.17) is 10.5 Å². The number of nitrogens with zero attached hydrogens (tertiary/aromatic N) is 4. The molecule has 0 spiro atoms. The number of ether oxygens (including phenoxy) is 1. The van der Waals surface area contributed by atoms with Crippen molar-refractivity contribution in [2.75, 3.05) is 36.5 Å². The zero-order valence-electron chi connectivity index (χ0n) is 13.2. The number of halogens is 1. The van der Waals surface area contributed by atoms with Crippen molar-refractivity contribution < 1.29 is 9.13 Å². The Bertz CT molecular complexity index is 703. The van der Waals surface area contributed by atoms with Gasteiger partial charge in [0.15, 0.2) is 17.6 Å². The molecular weight excluding hydrogens is 311 g/mol. The first-order valence-corrected chi connectivity index (χ1v) is 7.67. The van der Waals surface area contributed by atoms with Crippen LogP contribution in [0.15, 0.2) is 41.7 Å². The minimum Gasteiger partial charge on any atom is -0.378 e. The highest BCUT2D eigenvalue weighted by Crippen LogP contribution is 2.18. The molecule has 1 aliphatic rings. The summed E-state index contributed by atoms with van der Waals surface area (Å²) in [7, 11) is 0. The first kappa shape index (κ1) is 16.1.